The van der Waals surface area contributed by atoms with E-state index in [0.29, 0.717) is 17.1 Å². The van der Waals surface area contributed by atoms with Crippen LogP contribution >= 0.6 is 11.3 Å². The molecule has 0 N–H and O–H groups in total. The highest BCUT2D eigenvalue weighted by Crippen LogP contribution is 2.19. The van der Waals surface area contributed by atoms with Gasteiger partial charge in [-0.3, -0.25) is 4.79 Å². The molecule has 2 heterocycles. The first-order valence-electron chi connectivity index (χ1n) is 7.76. The summed E-state index contributed by atoms with van der Waals surface area (Å²) in [5.74, 6) is 0.168. The molecule has 0 spiro atoms. The third-order valence-corrected chi connectivity index (χ3v) is 4.38. The molecule has 0 saturated carbocycles. The lowest BCUT2D eigenvalue weighted by atomic mass is 10.1. The summed E-state index contributed by atoms with van der Waals surface area (Å²) >= 11 is 1.47. The number of ether oxygens (including phenoxy) is 2. The number of esters is 1. The standard InChI is InChI=1S/C17H16N4O4S/c1-11(16(23)12-5-7-13(24-2)8-6-12)25-15(22)10-21-19-17(18-20-21)14-4-3-9-26-14/h3-9,11H,10H2,1-2H3/t11-/m1/s1. The summed E-state index contributed by atoms with van der Waals surface area (Å²) in [5.41, 5.74) is 0.435. The molecule has 2 aromatic heterocycles. The number of benzene rings is 1. The molecule has 1 aromatic carbocycles. The highest BCUT2D eigenvalue weighted by Gasteiger charge is 2.20. The minimum absolute atomic E-state index is 0.224. The maximum atomic E-state index is 12.3. The fourth-order valence-corrected chi connectivity index (χ4v) is 2.86. The molecule has 9 heteroatoms. The summed E-state index contributed by atoms with van der Waals surface area (Å²) in [4.78, 5) is 26.4. The third kappa shape index (κ3) is 4.12. The molecule has 3 aromatic rings. The number of Topliss-reactive ketones (excluding diaryl/α,β-unsaturated/α-hetero) is 1. The number of nitrogens with zero attached hydrogens (tertiary/aromatic N) is 4. The zero-order chi connectivity index (χ0) is 18.5. The first-order chi connectivity index (χ1) is 12.6. The van der Waals surface area contributed by atoms with E-state index in [1.165, 1.54) is 18.3 Å². The number of aromatic nitrogens is 4. The number of carbonyl (C=O) groups is 2. The van der Waals surface area contributed by atoms with Gasteiger partial charge in [-0.25, -0.2) is 4.79 Å². The number of thiophene rings is 1. The van der Waals surface area contributed by atoms with Crippen LogP contribution in [0.15, 0.2) is 41.8 Å². The maximum absolute atomic E-state index is 12.3. The van der Waals surface area contributed by atoms with Crippen LogP contribution in [0, 0.1) is 0 Å². The van der Waals surface area contributed by atoms with Gasteiger partial charge in [-0.1, -0.05) is 6.07 Å². The van der Waals surface area contributed by atoms with Gasteiger partial charge >= 0.3 is 5.97 Å². The fourth-order valence-electron chi connectivity index (χ4n) is 2.21. The quantitative estimate of drug-likeness (QED) is 0.463. The van der Waals surface area contributed by atoms with Crippen LogP contribution < -0.4 is 4.74 Å². The van der Waals surface area contributed by atoms with E-state index >= 15 is 0 Å². The van der Waals surface area contributed by atoms with Crippen LogP contribution in [0.5, 0.6) is 5.75 Å². The van der Waals surface area contributed by atoms with Gasteiger partial charge in [0.1, 0.15) is 5.75 Å². The van der Waals surface area contributed by atoms with Crippen molar-refractivity contribution >= 4 is 23.1 Å². The van der Waals surface area contributed by atoms with Gasteiger partial charge < -0.3 is 9.47 Å². The van der Waals surface area contributed by atoms with Gasteiger partial charge in [0.25, 0.3) is 0 Å². The van der Waals surface area contributed by atoms with Crippen molar-refractivity contribution in [3.63, 3.8) is 0 Å². The Hall–Kier alpha value is -3.07. The molecule has 0 fully saturated rings. The number of hydrogen-bond donors (Lipinski definition) is 0. The van der Waals surface area contributed by atoms with Crippen LogP contribution in [-0.4, -0.2) is 45.2 Å². The molecule has 0 bridgehead atoms. The zero-order valence-electron chi connectivity index (χ0n) is 14.2. The van der Waals surface area contributed by atoms with Crippen molar-refractivity contribution < 1.29 is 19.1 Å². The predicted molar refractivity (Wildman–Crippen MR) is 94.0 cm³/mol. The molecule has 0 aliphatic carbocycles. The van der Waals surface area contributed by atoms with E-state index in [4.69, 9.17) is 9.47 Å². The Morgan fingerprint density at radius 1 is 1.23 bits per heavy atom. The van der Waals surface area contributed by atoms with Crippen molar-refractivity contribution in [1.82, 2.24) is 20.2 Å². The Labute approximate surface area is 153 Å². The van der Waals surface area contributed by atoms with Crippen molar-refractivity contribution in [2.24, 2.45) is 0 Å². The largest absolute Gasteiger partial charge is 0.497 e. The first-order valence-corrected chi connectivity index (χ1v) is 8.64. The molecule has 0 saturated heterocycles. The zero-order valence-corrected chi connectivity index (χ0v) is 15.0. The van der Waals surface area contributed by atoms with Crippen LogP contribution in [0.3, 0.4) is 0 Å². The maximum Gasteiger partial charge on any atom is 0.330 e. The van der Waals surface area contributed by atoms with Crippen molar-refractivity contribution in [3.8, 4) is 16.5 Å². The average molecular weight is 372 g/mol. The number of hydrogen-bond acceptors (Lipinski definition) is 8. The molecule has 0 amide bonds. The molecular formula is C17H16N4O4S. The highest BCUT2D eigenvalue weighted by molar-refractivity contribution is 7.13. The minimum Gasteiger partial charge on any atom is -0.497 e. The number of tetrazole rings is 1. The number of methoxy groups -OCH3 is 1. The van der Waals surface area contributed by atoms with Gasteiger partial charge in [-0.15, -0.1) is 21.5 Å². The normalized spacial score (nSPS) is 11.8. The van der Waals surface area contributed by atoms with E-state index in [0.717, 1.165) is 9.67 Å². The smallest absolute Gasteiger partial charge is 0.330 e. The van der Waals surface area contributed by atoms with E-state index in [1.807, 2.05) is 17.5 Å². The van der Waals surface area contributed by atoms with Crippen LogP contribution in [-0.2, 0) is 16.1 Å². The summed E-state index contributed by atoms with van der Waals surface area (Å²) in [6.45, 7) is 1.30. The van der Waals surface area contributed by atoms with Gasteiger partial charge in [0, 0.05) is 5.56 Å². The molecule has 26 heavy (non-hydrogen) atoms. The van der Waals surface area contributed by atoms with Crippen molar-refractivity contribution in [2.75, 3.05) is 7.11 Å². The molecule has 0 radical (unpaired) electrons. The summed E-state index contributed by atoms with van der Waals surface area (Å²) in [6, 6.07) is 10.3. The summed E-state index contributed by atoms with van der Waals surface area (Å²) < 4.78 is 10.2. The second-order valence-electron chi connectivity index (χ2n) is 5.35. The summed E-state index contributed by atoms with van der Waals surface area (Å²) in [7, 11) is 1.54. The van der Waals surface area contributed by atoms with Crippen molar-refractivity contribution in [3.05, 3.63) is 47.3 Å². The van der Waals surface area contributed by atoms with E-state index in [2.05, 4.69) is 15.4 Å². The van der Waals surface area contributed by atoms with Gasteiger partial charge in [0.05, 0.1) is 12.0 Å². The van der Waals surface area contributed by atoms with E-state index < -0.39 is 12.1 Å². The molecule has 0 aliphatic heterocycles. The van der Waals surface area contributed by atoms with Gasteiger partial charge in [0.15, 0.2) is 12.6 Å². The van der Waals surface area contributed by atoms with E-state index in [1.54, 1.807) is 31.4 Å². The van der Waals surface area contributed by atoms with Crippen LogP contribution in [0.25, 0.3) is 10.7 Å². The highest BCUT2D eigenvalue weighted by atomic mass is 32.1. The molecule has 134 valence electrons. The number of ketones is 1. The van der Waals surface area contributed by atoms with Crippen LogP contribution in [0.1, 0.15) is 17.3 Å². The third-order valence-electron chi connectivity index (χ3n) is 3.52. The van der Waals surface area contributed by atoms with Crippen LogP contribution in [0.4, 0.5) is 0 Å². The lowest BCUT2D eigenvalue weighted by molar-refractivity contribution is -0.147. The lowest BCUT2D eigenvalue weighted by Crippen LogP contribution is -2.27. The second kappa shape index (κ2) is 7.87. The monoisotopic (exact) mass is 372 g/mol. The minimum atomic E-state index is -0.920. The Morgan fingerprint density at radius 3 is 2.65 bits per heavy atom. The molecule has 3 rings (SSSR count). The SMILES string of the molecule is COc1ccc(C(=O)[C@@H](C)OC(=O)Cn2nnc(-c3cccs3)n2)cc1. The Kier molecular flexibility index (Phi) is 5.37. The summed E-state index contributed by atoms with van der Waals surface area (Å²) in [6.07, 6.45) is -0.920. The van der Waals surface area contributed by atoms with Crippen molar-refractivity contribution in [2.45, 2.75) is 19.6 Å². The Balaban J connectivity index is 1.57. The van der Waals surface area contributed by atoms with E-state index in [-0.39, 0.29) is 12.3 Å². The van der Waals surface area contributed by atoms with Gasteiger partial charge in [0.2, 0.25) is 11.6 Å². The van der Waals surface area contributed by atoms with E-state index in [9.17, 15) is 9.59 Å². The molecule has 1 atom stereocenters. The predicted octanol–water partition coefficient (Wildman–Crippen LogP) is 2.22. The Morgan fingerprint density at radius 2 is 2.00 bits per heavy atom. The lowest BCUT2D eigenvalue weighted by Gasteiger charge is -2.12. The first kappa shape index (κ1) is 17.7. The van der Waals surface area contributed by atoms with Crippen LogP contribution in [0.2, 0.25) is 0 Å². The van der Waals surface area contributed by atoms with Crippen molar-refractivity contribution in [1.29, 1.82) is 0 Å². The molecule has 8 nitrogen and oxygen atoms in total. The number of carbonyl (C=O) groups excluding carboxylic acids is 2. The molecule has 0 unspecified atom stereocenters. The fraction of sp³-hybridized carbons (Fsp3) is 0.235. The second-order valence-corrected chi connectivity index (χ2v) is 6.29. The topological polar surface area (TPSA) is 96.2 Å². The molecular weight excluding hydrogens is 356 g/mol. The Bertz CT molecular complexity index is 890. The summed E-state index contributed by atoms with van der Waals surface area (Å²) in [5, 5.41) is 13.7. The van der Waals surface area contributed by atoms with Gasteiger partial charge in [-0.2, -0.15) is 4.80 Å². The molecule has 0 aliphatic rings. The van der Waals surface area contributed by atoms with Gasteiger partial charge in [-0.05, 0) is 47.8 Å². The average Bonchev–Trinajstić information content (AvgIpc) is 3.32. The number of rotatable bonds is 7.